The Morgan fingerprint density at radius 2 is 2.10 bits per heavy atom. The van der Waals surface area contributed by atoms with Crippen LogP contribution in [0.5, 0.6) is 0 Å². The molecule has 0 aliphatic carbocycles. The van der Waals surface area contributed by atoms with Crippen molar-refractivity contribution in [3.05, 3.63) is 12.4 Å². The number of hydrogen-bond donors (Lipinski definition) is 2. The Bertz CT molecular complexity index is 487. The molecular formula is C14H21N5O2. The lowest BCUT2D eigenvalue weighted by atomic mass is 10.1. The highest BCUT2D eigenvalue weighted by atomic mass is 16.5. The summed E-state index contributed by atoms with van der Waals surface area (Å²) >= 11 is 0. The quantitative estimate of drug-likeness (QED) is 0.831. The number of carbonyl (C=O) groups is 1. The number of amides is 1. The number of aromatic nitrogens is 2. The van der Waals surface area contributed by atoms with Gasteiger partial charge >= 0.3 is 0 Å². The molecule has 2 unspecified atom stereocenters. The molecule has 0 radical (unpaired) electrons. The highest BCUT2D eigenvalue weighted by Crippen LogP contribution is 2.20. The van der Waals surface area contributed by atoms with Gasteiger partial charge in [0.25, 0.3) is 0 Å². The van der Waals surface area contributed by atoms with Crippen molar-refractivity contribution in [2.45, 2.75) is 19.4 Å². The molecule has 0 aromatic carbocycles. The van der Waals surface area contributed by atoms with Crippen LogP contribution in [0.1, 0.15) is 13.3 Å². The van der Waals surface area contributed by atoms with Gasteiger partial charge in [-0.1, -0.05) is 0 Å². The van der Waals surface area contributed by atoms with Crippen molar-refractivity contribution in [2.75, 3.05) is 43.0 Å². The van der Waals surface area contributed by atoms with Gasteiger partial charge in [0, 0.05) is 26.2 Å². The minimum absolute atomic E-state index is 0.0159. The van der Waals surface area contributed by atoms with Gasteiger partial charge in [-0.15, -0.1) is 0 Å². The minimum atomic E-state index is -0.0761. The first kappa shape index (κ1) is 14.2. The Morgan fingerprint density at radius 1 is 1.38 bits per heavy atom. The van der Waals surface area contributed by atoms with Crippen LogP contribution in [0.4, 0.5) is 11.6 Å². The minimum Gasteiger partial charge on any atom is -0.378 e. The summed E-state index contributed by atoms with van der Waals surface area (Å²) in [7, 11) is 0. The van der Waals surface area contributed by atoms with Crippen molar-refractivity contribution in [2.24, 2.45) is 5.92 Å². The molecule has 2 saturated heterocycles. The zero-order valence-corrected chi connectivity index (χ0v) is 12.2. The Labute approximate surface area is 124 Å². The lowest BCUT2D eigenvalue weighted by Crippen LogP contribution is -2.44. The maximum absolute atomic E-state index is 12.1. The lowest BCUT2D eigenvalue weighted by molar-refractivity contribution is -0.119. The normalized spacial score (nSPS) is 25.9. The summed E-state index contributed by atoms with van der Waals surface area (Å²) < 4.78 is 5.42. The predicted molar refractivity (Wildman–Crippen MR) is 79.3 cm³/mol. The van der Waals surface area contributed by atoms with Gasteiger partial charge in [-0.25, -0.2) is 9.97 Å². The fourth-order valence-electron chi connectivity index (χ4n) is 2.66. The molecule has 1 amide bonds. The third kappa shape index (κ3) is 3.48. The van der Waals surface area contributed by atoms with E-state index >= 15 is 0 Å². The standard InChI is InChI=1S/C14H21N5O2/c1-10-6-11(9-21-10)13(20)18-12-7-16-14(17-8-12)19-4-2-15-3-5-19/h7-8,10-11,15H,2-6,9H2,1H3,(H,18,20). The van der Waals surface area contributed by atoms with E-state index in [0.717, 1.165) is 32.6 Å². The molecular weight excluding hydrogens is 270 g/mol. The fourth-order valence-corrected chi connectivity index (χ4v) is 2.66. The monoisotopic (exact) mass is 291 g/mol. The molecule has 1 aromatic rings. The maximum Gasteiger partial charge on any atom is 0.229 e. The van der Waals surface area contributed by atoms with E-state index < -0.39 is 0 Å². The molecule has 2 N–H and O–H groups in total. The van der Waals surface area contributed by atoms with Crippen LogP contribution in [0.25, 0.3) is 0 Å². The van der Waals surface area contributed by atoms with Crippen molar-refractivity contribution >= 4 is 17.5 Å². The van der Waals surface area contributed by atoms with Crippen molar-refractivity contribution in [1.29, 1.82) is 0 Å². The number of rotatable bonds is 3. The Hall–Kier alpha value is -1.73. The largest absolute Gasteiger partial charge is 0.378 e. The molecule has 3 heterocycles. The first-order valence-electron chi connectivity index (χ1n) is 7.42. The molecule has 114 valence electrons. The molecule has 0 spiro atoms. The summed E-state index contributed by atoms with van der Waals surface area (Å²) in [5.74, 6) is 0.623. The second-order valence-electron chi connectivity index (χ2n) is 5.57. The van der Waals surface area contributed by atoms with Gasteiger partial charge in [-0.3, -0.25) is 4.79 Å². The molecule has 7 nitrogen and oxygen atoms in total. The lowest BCUT2D eigenvalue weighted by Gasteiger charge is -2.27. The van der Waals surface area contributed by atoms with Crippen LogP contribution in [0.2, 0.25) is 0 Å². The molecule has 7 heteroatoms. The SMILES string of the molecule is CC1CC(C(=O)Nc2cnc(N3CCNCC3)nc2)CO1. The van der Waals surface area contributed by atoms with E-state index in [2.05, 4.69) is 25.5 Å². The smallest absolute Gasteiger partial charge is 0.229 e. The number of piperazine rings is 1. The molecule has 2 fully saturated rings. The highest BCUT2D eigenvalue weighted by molar-refractivity contribution is 5.92. The van der Waals surface area contributed by atoms with Crippen LogP contribution in [0.15, 0.2) is 12.4 Å². The molecule has 1 aromatic heterocycles. The second kappa shape index (κ2) is 6.36. The first-order chi connectivity index (χ1) is 10.2. The van der Waals surface area contributed by atoms with E-state index in [4.69, 9.17) is 4.74 Å². The number of hydrogen-bond acceptors (Lipinski definition) is 6. The maximum atomic E-state index is 12.1. The van der Waals surface area contributed by atoms with E-state index in [-0.39, 0.29) is 17.9 Å². The molecule has 0 bridgehead atoms. The third-order valence-corrected chi connectivity index (χ3v) is 3.87. The molecule has 3 rings (SSSR count). The van der Waals surface area contributed by atoms with Crippen LogP contribution in [-0.4, -0.2) is 54.8 Å². The summed E-state index contributed by atoms with van der Waals surface area (Å²) in [5, 5.41) is 6.15. The topological polar surface area (TPSA) is 79.4 Å². The number of nitrogens with zero attached hydrogens (tertiary/aromatic N) is 3. The zero-order valence-electron chi connectivity index (χ0n) is 12.2. The third-order valence-electron chi connectivity index (χ3n) is 3.87. The van der Waals surface area contributed by atoms with Gasteiger partial charge in [0.1, 0.15) is 0 Å². The first-order valence-corrected chi connectivity index (χ1v) is 7.42. The van der Waals surface area contributed by atoms with Gasteiger partial charge in [0.05, 0.1) is 36.7 Å². The average Bonchev–Trinajstić information content (AvgIpc) is 2.96. The molecule has 2 aliphatic rings. The number of carbonyl (C=O) groups excluding carboxylic acids is 1. The van der Waals surface area contributed by atoms with Crippen LogP contribution < -0.4 is 15.5 Å². The summed E-state index contributed by atoms with van der Waals surface area (Å²) in [4.78, 5) is 22.9. The van der Waals surface area contributed by atoms with Gasteiger partial charge in [-0.2, -0.15) is 0 Å². The average molecular weight is 291 g/mol. The van der Waals surface area contributed by atoms with Gasteiger partial charge in [-0.05, 0) is 13.3 Å². The second-order valence-corrected chi connectivity index (χ2v) is 5.57. The van der Waals surface area contributed by atoms with Crippen molar-refractivity contribution in [1.82, 2.24) is 15.3 Å². The molecule has 0 saturated carbocycles. The molecule has 2 atom stereocenters. The summed E-state index contributed by atoms with van der Waals surface area (Å²) in [6.07, 6.45) is 4.27. The number of ether oxygens (including phenoxy) is 1. The van der Waals surface area contributed by atoms with Crippen molar-refractivity contribution < 1.29 is 9.53 Å². The predicted octanol–water partition coefficient (Wildman–Crippen LogP) is 0.250. The highest BCUT2D eigenvalue weighted by Gasteiger charge is 2.28. The van der Waals surface area contributed by atoms with E-state index in [1.165, 1.54) is 0 Å². The fraction of sp³-hybridized carbons (Fsp3) is 0.643. The number of nitrogens with one attached hydrogen (secondary N) is 2. The summed E-state index contributed by atoms with van der Waals surface area (Å²) in [6.45, 7) is 6.18. The Kier molecular flexibility index (Phi) is 4.31. The van der Waals surface area contributed by atoms with Gasteiger partial charge in [0.15, 0.2) is 0 Å². The van der Waals surface area contributed by atoms with E-state index in [0.29, 0.717) is 18.2 Å². The van der Waals surface area contributed by atoms with E-state index in [1.807, 2.05) is 6.92 Å². The molecule has 2 aliphatic heterocycles. The van der Waals surface area contributed by atoms with E-state index in [9.17, 15) is 4.79 Å². The van der Waals surface area contributed by atoms with E-state index in [1.54, 1.807) is 12.4 Å². The van der Waals surface area contributed by atoms with Crippen LogP contribution in [0.3, 0.4) is 0 Å². The Morgan fingerprint density at radius 3 is 2.71 bits per heavy atom. The van der Waals surface area contributed by atoms with Crippen LogP contribution in [-0.2, 0) is 9.53 Å². The van der Waals surface area contributed by atoms with Crippen LogP contribution >= 0.6 is 0 Å². The van der Waals surface area contributed by atoms with Crippen molar-refractivity contribution in [3.8, 4) is 0 Å². The van der Waals surface area contributed by atoms with Crippen molar-refractivity contribution in [3.63, 3.8) is 0 Å². The number of anilines is 2. The van der Waals surface area contributed by atoms with Crippen LogP contribution in [0, 0.1) is 5.92 Å². The molecule has 21 heavy (non-hydrogen) atoms. The Balaban J connectivity index is 1.57. The van der Waals surface area contributed by atoms with Gasteiger partial charge in [0.2, 0.25) is 11.9 Å². The zero-order chi connectivity index (χ0) is 14.7. The van der Waals surface area contributed by atoms with Gasteiger partial charge < -0.3 is 20.3 Å². The summed E-state index contributed by atoms with van der Waals surface area (Å²) in [6, 6.07) is 0. The summed E-state index contributed by atoms with van der Waals surface area (Å²) in [5.41, 5.74) is 0.637.